The minimum absolute atomic E-state index is 0.566. The van der Waals surface area contributed by atoms with Crippen molar-refractivity contribution < 1.29 is 4.74 Å². The third-order valence-corrected chi connectivity index (χ3v) is 5.25. The zero-order valence-corrected chi connectivity index (χ0v) is 13.5. The van der Waals surface area contributed by atoms with E-state index in [0.29, 0.717) is 18.1 Å². The number of nitrogens with one attached hydrogen (secondary N) is 2. The van der Waals surface area contributed by atoms with Gasteiger partial charge in [0.05, 0.1) is 13.2 Å². The summed E-state index contributed by atoms with van der Waals surface area (Å²) in [5.41, 5.74) is 0. The summed E-state index contributed by atoms with van der Waals surface area (Å²) in [6, 6.07) is 1.93. The lowest BCUT2D eigenvalue weighted by atomic mass is 9.94. The molecule has 0 aromatic heterocycles. The zero-order valence-electron chi connectivity index (χ0n) is 13.5. The molecule has 20 heavy (non-hydrogen) atoms. The van der Waals surface area contributed by atoms with Crippen molar-refractivity contribution in [2.24, 2.45) is 5.92 Å². The summed E-state index contributed by atoms with van der Waals surface area (Å²) in [5, 5.41) is 7.44. The van der Waals surface area contributed by atoms with Gasteiger partial charge in [0.2, 0.25) is 0 Å². The number of hydrogen-bond donors (Lipinski definition) is 2. The van der Waals surface area contributed by atoms with Gasteiger partial charge in [-0.1, -0.05) is 13.3 Å². The van der Waals surface area contributed by atoms with Crippen molar-refractivity contribution in [3.63, 3.8) is 0 Å². The third kappa shape index (κ3) is 4.42. The molecule has 4 unspecified atom stereocenters. The lowest BCUT2D eigenvalue weighted by molar-refractivity contribution is 0.0523. The van der Waals surface area contributed by atoms with Crippen LogP contribution in [0.15, 0.2) is 0 Å². The molecule has 0 bridgehead atoms. The van der Waals surface area contributed by atoms with Crippen LogP contribution in [0.1, 0.15) is 39.5 Å². The second kappa shape index (κ2) is 8.32. The number of likely N-dealkylation sites (N-methyl/N-ethyl adjacent to an activating group) is 1. The van der Waals surface area contributed by atoms with Crippen LogP contribution < -0.4 is 10.6 Å². The maximum absolute atomic E-state index is 5.63. The van der Waals surface area contributed by atoms with Gasteiger partial charge in [-0.15, -0.1) is 0 Å². The first-order valence-electron chi connectivity index (χ1n) is 8.47. The molecule has 118 valence electrons. The highest BCUT2D eigenvalue weighted by Gasteiger charge is 2.34. The Kier molecular flexibility index (Phi) is 6.75. The fourth-order valence-corrected chi connectivity index (χ4v) is 3.54. The molecular weight excluding hydrogens is 250 g/mol. The predicted octanol–water partition coefficient (Wildman–Crippen LogP) is 1.46. The molecule has 1 saturated carbocycles. The van der Waals surface area contributed by atoms with Gasteiger partial charge in [0.25, 0.3) is 0 Å². The van der Waals surface area contributed by atoms with Gasteiger partial charge >= 0.3 is 0 Å². The van der Waals surface area contributed by atoms with Crippen LogP contribution in [0.5, 0.6) is 0 Å². The number of morpholine rings is 1. The molecule has 0 amide bonds. The van der Waals surface area contributed by atoms with E-state index in [1.165, 1.54) is 25.7 Å². The largest absolute Gasteiger partial charge is 0.379 e. The molecule has 4 heteroatoms. The van der Waals surface area contributed by atoms with Crippen molar-refractivity contribution in [2.75, 3.05) is 39.9 Å². The van der Waals surface area contributed by atoms with Crippen LogP contribution >= 0.6 is 0 Å². The Morgan fingerprint density at radius 3 is 2.95 bits per heavy atom. The van der Waals surface area contributed by atoms with Gasteiger partial charge in [0, 0.05) is 37.8 Å². The average molecular weight is 283 g/mol. The van der Waals surface area contributed by atoms with Gasteiger partial charge in [0.1, 0.15) is 0 Å². The van der Waals surface area contributed by atoms with Crippen molar-refractivity contribution in [2.45, 2.75) is 57.7 Å². The van der Waals surface area contributed by atoms with Gasteiger partial charge in [-0.25, -0.2) is 0 Å². The third-order valence-electron chi connectivity index (χ3n) is 5.25. The molecule has 4 atom stereocenters. The molecule has 1 aliphatic carbocycles. The molecule has 1 heterocycles. The Balaban J connectivity index is 1.71. The summed E-state index contributed by atoms with van der Waals surface area (Å²) >= 11 is 0. The van der Waals surface area contributed by atoms with E-state index in [0.717, 1.165) is 38.8 Å². The summed E-state index contributed by atoms with van der Waals surface area (Å²) < 4.78 is 5.63. The Morgan fingerprint density at radius 2 is 2.25 bits per heavy atom. The van der Waals surface area contributed by atoms with Gasteiger partial charge in [-0.2, -0.15) is 0 Å². The molecule has 2 rings (SSSR count). The first kappa shape index (κ1) is 16.2. The first-order chi connectivity index (χ1) is 9.72. The molecule has 0 aromatic carbocycles. The van der Waals surface area contributed by atoms with Crippen LogP contribution in [0.4, 0.5) is 0 Å². The fourth-order valence-electron chi connectivity index (χ4n) is 3.54. The topological polar surface area (TPSA) is 36.5 Å². The second-order valence-electron chi connectivity index (χ2n) is 6.53. The molecule has 0 spiro atoms. The quantitative estimate of drug-likeness (QED) is 0.742. The normalized spacial score (nSPS) is 32.7. The summed E-state index contributed by atoms with van der Waals surface area (Å²) in [7, 11) is 2.23. The maximum Gasteiger partial charge on any atom is 0.0623 e. The van der Waals surface area contributed by atoms with Crippen LogP contribution in [-0.2, 0) is 4.74 Å². The van der Waals surface area contributed by atoms with Gasteiger partial charge in [-0.3, -0.25) is 0 Å². The highest BCUT2D eigenvalue weighted by molar-refractivity contribution is 4.92. The van der Waals surface area contributed by atoms with Crippen molar-refractivity contribution >= 4 is 0 Å². The van der Waals surface area contributed by atoms with Gasteiger partial charge in [0.15, 0.2) is 0 Å². The summed E-state index contributed by atoms with van der Waals surface area (Å²) in [5.74, 6) is 0.754. The summed E-state index contributed by atoms with van der Waals surface area (Å²) in [6.45, 7) is 9.61. The predicted molar refractivity (Wildman–Crippen MR) is 84.1 cm³/mol. The lowest BCUT2D eigenvalue weighted by Crippen LogP contribution is -2.51. The van der Waals surface area contributed by atoms with Crippen molar-refractivity contribution in [1.82, 2.24) is 15.5 Å². The Morgan fingerprint density at radius 1 is 1.40 bits per heavy atom. The Hall–Kier alpha value is -0.160. The minimum atomic E-state index is 0.566. The molecule has 0 radical (unpaired) electrons. The van der Waals surface area contributed by atoms with E-state index in [1.807, 2.05) is 0 Å². The molecule has 1 saturated heterocycles. The maximum atomic E-state index is 5.63. The molecular formula is C16H33N3O. The van der Waals surface area contributed by atoms with E-state index >= 15 is 0 Å². The van der Waals surface area contributed by atoms with Crippen LogP contribution in [0.3, 0.4) is 0 Å². The van der Waals surface area contributed by atoms with Crippen LogP contribution in [0.2, 0.25) is 0 Å². The van der Waals surface area contributed by atoms with E-state index in [2.05, 4.69) is 36.4 Å². The van der Waals surface area contributed by atoms with E-state index in [9.17, 15) is 0 Å². The van der Waals surface area contributed by atoms with Gasteiger partial charge in [-0.05, 0) is 39.2 Å². The molecule has 2 N–H and O–H groups in total. The SMILES string of the molecule is CCC(C)N(C)CCNC1CCCC1C1COCCN1. The number of nitrogens with zero attached hydrogens (tertiary/aromatic N) is 1. The van der Waals surface area contributed by atoms with Crippen LogP contribution in [-0.4, -0.2) is 62.9 Å². The molecule has 1 aliphatic heterocycles. The summed E-state index contributed by atoms with van der Waals surface area (Å²) in [4.78, 5) is 2.46. The number of rotatable bonds is 7. The summed E-state index contributed by atoms with van der Waals surface area (Å²) in [6.07, 6.45) is 5.27. The highest BCUT2D eigenvalue weighted by Crippen LogP contribution is 2.29. The molecule has 4 nitrogen and oxygen atoms in total. The van der Waals surface area contributed by atoms with Crippen LogP contribution in [0, 0.1) is 5.92 Å². The van der Waals surface area contributed by atoms with Crippen molar-refractivity contribution in [1.29, 1.82) is 0 Å². The first-order valence-corrected chi connectivity index (χ1v) is 8.47. The molecule has 0 aromatic rings. The van der Waals surface area contributed by atoms with E-state index in [-0.39, 0.29) is 0 Å². The van der Waals surface area contributed by atoms with Crippen LogP contribution in [0.25, 0.3) is 0 Å². The minimum Gasteiger partial charge on any atom is -0.379 e. The second-order valence-corrected chi connectivity index (χ2v) is 6.53. The standard InChI is InChI=1S/C16H33N3O/c1-4-13(2)19(3)10-8-17-15-7-5-6-14(15)16-12-20-11-9-18-16/h13-18H,4-12H2,1-3H3. The number of ether oxygens (including phenoxy) is 1. The van der Waals surface area contributed by atoms with E-state index in [1.54, 1.807) is 0 Å². The zero-order chi connectivity index (χ0) is 14.4. The number of hydrogen-bond acceptors (Lipinski definition) is 4. The monoisotopic (exact) mass is 283 g/mol. The van der Waals surface area contributed by atoms with Gasteiger partial charge < -0.3 is 20.3 Å². The lowest BCUT2D eigenvalue weighted by Gasteiger charge is -2.33. The smallest absolute Gasteiger partial charge is 0.0623 e. The van der Waals surface area contributed by atoms with E-state index in [4.69, 9.17) is 4.74 Å². The Labute approximate surface area is 124 Å². The van der Waals surface area contributed by atoms with Crippen molar-refractivity contribution in [3.05, 3.63) is 0 Å². The van der Waals surface area contributed by atoms with E-state index < -0.39 is 0 Å². The fraction of sp³-hybridized carbons (Fsp3) is 1.00. The highest BCUT2D eigenvalue weighted by atomic mass is 16.5. The Bertz CT molecular complexity index is 268. The average Bonchev–Trinajstić information content (AvgIpc) is 2.95. The van der Waals surface area contributed by atoms with Crippen molar-refractivity contribution in [3.8, 4) is 0 Å². The molecule has 2 aliphatic rings. The molecule has 2 fully saturated rings.